The van der Waals surface area contributed by atoms with E-state index in [1.807, 2.05) is 0 Å². The maximum absolute atomic E-state index is 13.2. The summed E-state index contributed by atoms with van der Waals surface area (Å²) in [6.07, 6.45) is 0. The standard InChI is InChI=1S/C9H6F2N2S/c10-5-2-1-3-6(11)9(5)7-4-8(12)13-14-7/h1-4H,(H2,12,13). The van der Waals surface area contributed by atoms with Crippen LogP contribution in [0.4, 0.5) is 14.6 Å². The van der Waals surface area contributed by atoms with Gasteiger partial charge in [0.05, 0.1) is 10.4 Å². The highest BCUT2D eigenvalue weighted by atomic mass is 32.1. The Morgan fingerprint density at radius 3 is 2.36 bits per heavy atom. The molecule has 14 heavy (non-hydrogen) atoms. The Balaban J connectivity index is 2.61. The van der Waals surface area contributed by atoms with Gasteiger partial charge in [-0.1, -0.05) is 6.07 Å². The van der Waals surface area contributed by atoms with Gasteiger partial charge in [0, 0.05) is 6.07 Å². The van der Waals surface area contributed by atoms with Gasteiger partial charge in [0.1, 0.15) is 17.5 Å². The lowest BCUT2D eigenvalue weighted by molar-refractivity contribution is 0.590. The van der Waals surface area contributed by atoms with E-state index in [1.54, 1.807) is 0 Å². The van der Waals surface area contributed by atoms with Crippen LogP contribution in [-0.4, -0.2) is 4.37 Å². The number of benzene rings is 1. The summed E-state index contributed by atoms with van der Waals surface area (Å²) in [5.74, 6) is -0.935. The first-order chi connectivity index (χ1) is 6.68. The fraction of sp³-hybridized carbons (Fsp3) is 0. The van der Waals surface area contributed by atoms with Crippen molar-refractivity contribution in [3.8, 4) is 10.4 Å². The Labute approximate surface area is 83.2 Å². The van der Waals surface area contributed by atoms with E-state index >= 15 is 0 Å². The van der Waals surface area contributed by atoms with Crippen molar-refractivity contribution in [1.82, 2.24) is 4.37 Å². The van der Waals surface area contributed by atoms with E-state index < -0.39 is 11.6 Å². The topological polar surface area (TPSA) is 38.9 Å². The van der Waals surface area contributed by atoms with Gasteiger partial charge in [-0.2, -0.15) is 4.37 Å². The van der Waals surface area contributed by atoms with Gasteiger partial charge >= 0.3 is 0 Å². The van der Waals surface area contributed by atoms with E-state index in [1.165, 1.54) is 24.3 Å². The van der Waals surface area contributed by atoms with Crippen LogP contribution in [-0.2, 0) is 0 Å². The van der Waals surface area contributed by atoms with Crippen LogP contribution in [0.1, 0.15) is 0 Å². The third kappa shape index (κ3) is 1.46. The molecule has 0 fully saturated rings. The number of aromatic nitrogens is 1. The lowest BCUT2D eigenvalue weighted by Gasteiger charge is -1.99. The number of nitrogen functional groups attached to an aromatic ring is 1. The quantitative estimate of drug-likeness (QED) is 0.789. The molecular weight excluding hydrogens is 206 g/mol. The van der Waals surface area contributed by atoms with Crippen LogP contribution in [0.25, 0.3) is 10.4 Å². The van der Waals surface area contributed by atoms with Crippen molar-refractivity contribution >= 4 is 17.4 Å². The van der Waals surface area contributed by atoms with Gasteiger partial charge < -0.3 is 5.73 Å². The zero-order valence-electron chi connectivity index (χ0n) is 7.00. The number of rotatable bonds is 1. The van der Waals surface area contributed by atoms with Crippen molar-refractivity contribution in [1.29, 1.82) is 0 Å². The van der Waals surface area contributed by atoms with Crippen LogP contribution < -0.4 is 5.73 Å². The van der Waals surface area contributed by atoms with Crippen LogP contribution in [0, 0.1) is 11.6 Å². The zero-order valence-corrected chi connectivity index (χ0v) is 7.81. The molecule has 1 heterocycles. The summed E-state index contributed by atoms with van der Waals surface area (Å²) in [7, 11) is 0. The second-order valence-corrected chi connectivity index (χ2v) is 3.52. The van der Waals surface area contributed by atoms with Crippen molar-refractivity contribution in [2.75, 3.05) is 5.73 Å². The lowest BCUT2D eigenvalue weighted by Crippen LogP contribution is -1.86. The van der Waals surface area contributed by atoms with Crippen molar-refractivity contribution < 1.29 is 8.78 Å². The van der Waals surface area contributed by atoms with E-state index in [0.717, 1.165) is 11.5 Å². The molecule has 0 atom stereocenters. The smallest absolute Gasteiger partial charge is 0.137 e. The number of nitrogens with two attached hydrogens (primary N) is 1. The minimum atomic E-state index is -0.603. The third-order valence-electron chi connectivity index (χ3n) is 1.74. The Kier molecular flexibility index (Phi) is 2.17. The molecule has 1 aromatic carbocycles. The minimum Gasteiger partial charge on any atom is -0.383 e. The Morgan fingerprint density at radius 2 is 1.86 bits per heavy atom. The van der Waals surface area contributed by atoms with E-state index in [4.69, 9.17) is 5.73 Å². The second-order valence-electron chi connectivity index (χ2n) is 2.71. The molecule has 0 spiro atoms. The average molecular weight is 212 g/mol. The van der Waals surface area contributed by atoms with Crippen LogP contribution >= 0.6 is 11.5 Å². The first-order valence-corrected chi connectivity index (χ1v) is 4.62. The molecule has 2 N–H and O–H groups in total. The van der Waals surface area contributed by atoms with Gasteiger partial charge in [0.2, 0.25) is 0 Å². The predicted molar refractivity (Wildman–Crippen MR) is 51.9 cm³/mol. The minimum absolute atomic E-state index is 0.0679. The van der Waals surface area contributed by atoms with Gasteiger partial charge in [0.15, 0.2) is 0 Å². The molecular formula is C9H6F2N2S. The first-order valence-electron chi connectivity index (χ1n) is 3.85. The van der Waals surface area contributed by atoms with Gasteiger partial charge in [-0.05, 0) is 23.7 Å². The van der Waals surface area contributed by atoms with Gasteiger partial charge in [-0.25, -0.2) is 8.78 Å². The fourth-order valence-corrected chi connectivity index (χ4v) is 1.86. The maximum Gasteiger partial charge on any atom is 0.137 e. The van der Waals surface area contributed by atoms with Crippen LogP contribution in [0.3, 0.4) is 0 Å². The van der Waals surface area contributed by atoms with Crippen molar-refractivity contribution in [3.05, 3.63) is 35.9 Å². The summed E-state index contributed by atoms with van der Waals surface area (Å²) in [6, 6.07) is 5.17. The molecule has 0 aliphatic carbocycles. The van der Waals surface area contributed by atoms with Crippen molar-refractivity contribution in [2.24, 2.45) is 0 Å². The highest BCUT2D eigenvalue weighted by molar-refractivity contribution is 7.09. The molecule has 0 saturated heterocycles. The SMILES string of the molecule is Nc1cc(-c2c(F)cccc2F)sn1. The van der Waals surface area contributed by atoms with Gasteiger partial charge in [-0.3, -0.25) is 0 Å². The predicted octanol–water partition coefficient (Wildman–Crippen LogP) is 2.67. The maximum atomic E-state index is 13.2. The van der Waals surface area contributed by atoms with E-state index in [0.29, 0.717) is 4.88 Å². The van der Waals surface area contributed by atoms with Gasteiger partial charge in [0.25, 0.3) is 0 Å². The molecule has 0 unspecified atom stereocenters. The Hall–Kier alpha value is -1.49. The Bertz CT molecular complexity index is 447. The van der Waals surface area contributed by atoms with E-state index in [-0.39, 0.29) is 11.4 Å². The molecule has 72 valence electrons. The summed E-state index contributed by atoms with van der Waals surface area (Å²) in [5.41, 5.74) is 5.30. The summed E-state index contributed by atoms with van der Waals surface area (Å²) in [4.78, 5) is 0.401. The molecule has 0 aliphatic rings. The molecule has 0 amide bonds. The molecule has 2 aromatic rings. The summed E-state index contributed by atoms with van der Waals surface area (Å²) < 4.78 is 30.2. The lowest BCUT2D eigenvalue weighted by atomic mass is 10.1. The normalized spacial score (nSPS) is 10.4. The molecule has 1 aromatic heterocycles. The van der Waals surface area contributed by atoms with E-state index in [2.05, 4.69) is 4.37 Å². The third-order valence-corrected chi connectivity index (χ3v) is 2.56. The first kappa shape index (κ1) is 9.08. The summed E-state index contributed by atoms with van der Waals surface area (Å²) in [6.45, 7) is 0. The molecule has 2 rings (SSSR count). The molecule has 0 saturated carbocycles. The number of hydrogen-bond donors (Lipinski definition) is 1. The fourth-order valence-electron chi connectivity index (χ4n) is 1.14. The van der Waals surface area contributed by atoms with Crippen LogP contribution in [0.15, 0.2) is 24.3 Å². The number of hydrogen-bond acceptors (Lipinski definition) is 3. The van der Waals surface area contributed by atoms with Crippen LogP contribution in [0.2, 0.25) is 0 Å². The number of nitrogens with zero attached hydrogens (tertiary/aromatic N) is 1. The molecule has 5 heteroatoms. The monoisotopic (exact) mass is 212 g/mol. The van der Waals surface area contributed by atoms with Crippen molar-refractivity contribution in [2.45, 2.75) is 0 Å². The molecule has 2 nitrogen and oxygen atoms in total. The second kappa shape index (κ2) is 3.34. The molecule has 0 aliphatic heterocycles. The zero-order chi connectivity index (χ0) is 10.1. The molecule has 0 bridgehead atoms. The Morgan fingerprint density at radius 1 is 1.21 bits per heavy atom. The van der Waals surface area contributed by atoms with Crippen LogP contribution in [0.5, 0.6) is 0 Å². The van der Waals surface area contributed by atoms with Crippen molar-refractivity contribution in [3.63, 3.8) is 0 Å². The summed E-state index contributed by atoms with van der Waals surface area (Å²) >= 11 is 0.976. The highest BCUT2D eigenvalue weighted by Gasteiger charge is 2.12. The highest BCUT2D eigenvalue weighted by Crippen LogP contribution is 2.30. The largest absolute Gasteiger partial charge is 0.383 e. The number of anilines is 1. The summed E-state index contributed by atoms with van der Waals surface area (Å²) in [5, 5.41) is 0. The average Bonchev–Trinajstić information content (AvgIpc) is 2.51. The number of halogens is 2. The van der Waals surface area contributed by atoms with E-state index in [9.17, 15) is 8.78 Å². The van der Waals surface area contributed by atoms with Gasteiger partial charge in [-0.15, -0.1) is 0 Å². The molecule has 0 radical (unpaired) electrons.